The Labute approximate surface area is 191 Å². The van der Waals surface area contributed by atoms with Crippen molar-refractivity contribution in [2.24, 2.45) is 11.8 Å². The number of esters is 4. The zero-order valence-corrected chi connectivity index (χ0v) is 19.5. The zero-order chi connectivity index (χ0) is 24.8. The summed E-state index contributed by atoms with van der Waals surface area (Å²) in [6.07, 6.45) is -0.415. The fourth-order valence-corrected chi connectivity index (χ4v) is 4.28. The van der Waals surface area contributed by atoms with Gasteiger partial charge >= 0.3 is 23.9 Å². The predicted octanol–water partition coefficient (Wildman–Crippen LogP) is 0.792. The van der Waals surface area contributed by atoms with Crippen molar-refractivity contribution in [2.75, 3.05) is 42.7 Å². The van der Waals surface area contributed by atoms with Crippen LogP contribution in [0.15, 0.2) is 18.2 Å². The Morgan fingerprint density at radius 3 is 2.00 bits per heavy atom. The van der Waals surface area contributed by atoms with Crippen molar-refractivity contribution in [3.8, 4) is 11.5 Å². The maximum absolute atomic E-state index is 13.1. The lowest BCUT2D eigenvalue weighted by Crippen LogP contribution is -2.56. The number of carbonyl (C=O) groups is 4. The van der Waals surface area contributed by atoms with Gasteiger partial charge in [0.1, 0.15) is 11.5 Å². The molecule has 0 saturated carbocycles. The summed E-state index contributed by atoms with van der Waals surface area (Å²) in [6, 6.07) is 4.02. The van der Waals surface area contributed by atoms with Crippen molar-refractivity contribution in [2.45, 2.75) is 24.4 Å². The van der Waals surface area contributed by atoms with Crippen LogP contribution < -0.4 is 14.8 Å². The molecule has 0 aliphatic carbocycles. The van der Waals surface area contributed by atoms with Gasteiger partial charge in [-0.05, 0) is 24.1 Å². The Hall–Kier alpha value is -3.34. The quantitative estimate of drug-likeness (QED) is 0.408. The van der Waals surface area contributed by atoms with Crippen molar-refractivity contribution in [1.29, 1.82) is 0 Å². The summed E-state index contributed by atoms with van der Waals surface area (Å²) in [4.78, 5) is 50.9. The number of hydrogen-bond acceptors (Lipinski definition) is 11. The molecular formula is C22H29NO10. The fourth-order valence-electron chi connectivity index (χ4n) is 4.28. The van der Waals surface area contributed by atoms with Gasteiger partial charge in [0.15, 0.2) is 11.5 Å². The molecule has 182 valence electrons. The van der Waals surface area contributed by atoms with Gasteiger partial charge in [0.25, 0.3) is 0 Å². The molecule has 1 aromatic carbocycles. The van der Waals surface area contributed by atoms with Crippen LogP contribution in [0.2, 0.25) is 0 Å². The molecule has 1 fully saturated rings. The average molecular weight is 467 g/mol. The highest BCUT2D eigenvalue weighted by Gasteiger charge is 2.64. The van der Waals surface area contributed by atoms with Gasteiger partial charge < -0.3 is 28.4 Å². The van der Waals surface area contributed by atoms with E-state index in [1.54, 1.807) is 18.2 Å². The average Bonchev–Trinajstić information content (AvgIpc) is 3.21. The third-order valence-corrected chi connectivity index (χ3v) is 5.86. The summed E-state index contributed by atoms with van der Waals surface area (Å²) >= 11 is 0. The summed E-state index contributed by atoms with van der Waals surface area (Å²) < 4.78 is 30.2. The van der Waals surface area contributed by atoms with Gasteiger partial charge in [-0.1, -0.05) is 6.07 Å². The van der Waals surface area contributed by atoms with Crippen molar-refractivity contribution in [3.63, 3.8) is 0 Å². The van der Waals surface area contributed by atoms with Crippen molar-refractivity contribution >= 4 is 23.9 Å². The molecule has 0 bridgehead atoms. The highest BCUT2D eigenvalue weighted by Crippen LogP contribution is 2.48. The minimum atomic E-state index is -1.77. The Morgan fingerprint density at radius 1 is 0.848 bits per heavy atom. The maximum atomic E-state index is 13.1. The first kappa shape index (κ1) is 25.9. The molecule has 0 spiro atoms. The maximum Gasteiger partial charge on any atom is 0.327 e. The summed E-state index contributed by atoms with van der Waals surface area (Å²) in [5.41, 5.74) is -1.26. The van der Waals surface area contributed by atoms with Gasteiger partial charge in [0, 0.05) is 12.5 Å². The lowest BCUT2D eigenvalue weighted by atomic mass is 9.75. The molecule has 1 aliphatic rings. The highest BCUT2D eigenvalue weighted by molar-refractivity contribution is 5.94. The molecular weight excluding hydrogens is 438 g/mol. The van der Waals surface area contributed by atoms with Crippen LogP contribution in [0.3, 0.4) is 0 Å². The Bertz CT molecular complexity index is 901. The van der Waals surface area contributed by atoms with Gasteiger partial charge in [-0.25, -0.2) is 0 Å². The van der Waals surface area contributed by atoms with Crippen LogP contribution in [-0.2, 0) is 38.1 Å². The molecule has 11 heteroatoms. The summed E-state index contributed by atoms with van der Waals surface area (Å²) in [5, 5.41) is 3.09. The van der Waals surface area contributed by atoms with Crippen LogP contribution in [0.1, 0.15) is 24.4 Å². The minimum absolute atomic E-state index is 0.191. The first-order chi connectivity index (χ1) is 15.7. The van der Waals surface area contributed by atoms with Gasteiger partial charge in [-0.15, -0.1) is 0 Å². The number of carbonyl (C=O) groups excluding carboxylic acids is 4. The molecule has 4 atom stereocenters. The van der Waals surface area contributed by atoms with E-state index in [1.165, 1.54) is 28.4 Å². The molecule has 33 heavy (non-hydrogen) atoms. The summed E-state index contributed by atoms with van der Waals surface area (Å²) in [6.45, 7) is 0. The Morgan fingerprint density at radius 2 is 1.48 bits per heavy atom. The van der Waals surface area contributed by atoms with Gasteiger partial charge in [-0.3, -0.25) is 24.5 Å². The minimum Gasteiger partial charge on any atom is -0.493 e. The SMILES string of the molecule is COC(=O)CCC1(C(=O)OC)NC(c2ccc(OC)c(OC)c2)C(C(=O)OC)C1C(=O)OC. The van der Waals surface area contributed by atoms with Crippen molar-refractivity contribution in [1.82, 2.24) is 5.32 Å². The molecule has 2 rings (SSSR count). The topological polar surface area (TPSA) is 136 Å². The van der Waals surface area contributed by atoms with Crippen molar-refractivity contribution in [3.05, 3.63) is 23.8 Å². The second kappa shape index (κ2) is 11.0. The second-order valence-electron chi connectivity index (χ2n) is 7.33. The van der Waals surface area contributed by atoms with Crippen LogP contribution in [0, 0.1) is 11.8 Å². The molecule has 1 aliphatic heterocycles. The van der Waals surface area contributed by atoms with Crippen LogP contribution in [-0.4, -0.2) is 72.1 Å². The van der Waals surface area contributed by atoms with E-state index in [4.69, 9.17) is 28.4 Å². The normalized spacial score (nSPS) is 23.9. The summed E-state index contributed by atoms with van der Waals surface area (Å²) in [7, 11) is 7.60. The molecule has 1 aromatic rings. The number of methoxy groups -OCH3 is 6. The largest absolute Gasteiger partial charge is 0.493 e. The van der Waals surface area contributed by atoms with Crippen LogP contribution in [0.25, 0.3) is 0 Å². The van der Waals surface area contributed by atoms with Crippen molar-refractivity contribution < 1.29 is 47.6 Å². The van der Waals surface area contributed by atoms with Crippen LogP contribution in [0.5, 0.6) is 11.5 Å². The molecule has 4 unspecified atom stereocenters. The van der Waals surface area contributed by atoms with Gasteiger partial charge in [-0.2, -0.15) is 0 Å². The Kier molecular flexibility index (Phi) is 8.63. The smallest absolute Gasteiger partial charge is 0.327 e. The van der Waals surface area contributed by atoms with Crippen LogP contribution >= 0.6 is 0 Å². The lowest BCUT2D eigenvalue weighted by Gasteiger charge is -2.32. The summed E-state index contributed by atoms with van der Waals surface area (Å²) in [5.74, 6) is -4.74. The first-order valence-electron chi connectivity index (χ1n) is 10.0. The molecule has 0 amide bonds. The molecule has 1 saturated heterocycles. The molecule has 11 nitrogen and oxygen atoms in total. The number of hydrogen-bond donors (Lipinski definition) is 1. The standard InChI is InChI=1S/C22H29NO10/c1-28-13-8-7-12(11-14(13)29-2)18-16(19(25)31-4)17(20(26)32-5)22(23-18,21(27)33-6)10-9-15(24)30-3/h7-8,11,16-18,23H,9-10H2,1-6H3. The van der Waals surface area contributed by atoms with Gasteiger partial charge in [0.05, 0.1) is 48.6 Å². The predicted molar refractivity (Wildman–Crippen MR) is 112 cm³/mol. The molecule has 1 heterocycles. The number of ether oxygens (including phenoxy) is 6. The van der Waals surface area contributed by atoms with E-state index >= 15 is 0 Å². The van der Waals surface area contributed by atoms with Gasteiger partial charge in [0.2, 0.25) is 0 Å². The molecule has 0 aromatic heterocycles. The Balaban J connectivity index is 2.72. The second-order valence-corrected chi connectivity index (χ2v) is 7.33. The van der Waals surface area contributed by atoms with E-state index in [0.717, 1.165) is 14.2 Å². The fraction of sp³-hybridized carbons (Fsp3) is 0.545. The molecule has 1 N–H and O–H groups in total. The monoisotopic (exact) mass is 467 g/mol. The van der Waals surface area contributed by atoms with E-state index in [2.05, 4.69) is 5.32 Å². The van der Waals surface area contributed by atoms with E-state index < -0.39 is 47.3 Å². The number of rotatable bonds is 9. The van der Waals surface area contributed by atoms with E-state index in [-0.39, 0.29) is 12.8 Å². The molecule has 0 radical (unpaired) electrons. The number of nitrogens with one attached hydrogen (secondary N) is 1. The number of benzene rings is 1. The highest BCUT2D eigenvalue weighted by atomic mass is 16.5. The van der Waals surface area contributed by atoms with E-state index in [1.807, 2.05) is 0 Å². The third kappa shape index (κ3) is 4.87. The zero-order valence-electron chi connectivity index (χ0n) is 19.5. The van der Waals surface area contributed by atoms with E-state index in [9.17, 15) is 19.2 Å². The van der Waals surface area contributed by atoms with E-state index in [0.29, 0.717) is 17.1 Å². The third-order valence-electron chi connectivity index (χ3n) is 5.86. The lowest BCUT2D eigenvalue weighted by molar-refractivity contribution is -0.165. The van der Waals surface area contributed by atoms with Crippen LogP contribution in [0.4, 0.5) is 0 Å². The first-order valence-corrected chi connectivity index (χ1v) is 10.0.